The average molecular weight is 256 g/mol. The van der Waals surface area contributed by atoms with Crippen LogP contribution >= 0.6 is 0 Å². The molecule has 0 radical (unpaired) electrons. The largest absolute Gasteiger partial charge is 0.494 e. The summed E-state index contributed by atoms with van der Waals surface area (Å²) < 4.78 is 5.40. The smallest absolute Gasteiger partial charge is 0.119 e. The highest BCUT2D eigenvalue weighted by Crippen LogP contribution is 2.22. The monoisotopic (exact) mass is 256 g/mol. The molecule has 0 aromatic heterocycles. The summed E-state index contributed by atoms with van der Waals surface area (Å²) in [4.78, 5) is 0. The Bertz CT molecular complexity index is 517. The van der Waals surface area contributed by atoms with E-state index < -0.39 is 6.10 Å². The van der Waals surface area contributed by atoms with Gasteiger partial charge in [-0.05, 0) is 42.7 Å². The van der Waals surface area contributed by atoms with Gasteiger partial charge in [-0.1, -0.05) is 36.4 Å². The van der Waals surface area contributed by atoms with Gasteiger partial charge in [0.05, 0.1) is 12.7 Å². The van der Waals surface area contributed by atoms with Crippen molar-refractivity contribution in [2.45, 2.75) is 26.4 Å². The van der Waals surface area contributed by atoms with Gasteiger partial charge in [-0.2, -0.15) is 0 Å². The van der Waals surface area contributed by atoms with Crippen LogP contribution in [0.2, 0.25) is 0 Å². The highest BCUT2D eigenvalue weighted by Gasteiger charge is 2.10. The van der Waals surface area contributed by atoms with E-state index in [2.05, 4.69) is 19.1 Å². The van der Waals surface area contributed by atoms with Gasteiger partial charge in [-0.25, -0.2) is 0 Å². The van der Waals surface area contributed by atoms with E-state index in [0.717, 1.165) is 11.3 Å². The Morgan fingerprint density at radius 1 is 1.05 bits per heavy atom. The Kier molecular flexibility index (Phi) is 4.58. The van der Waals surface area contributed by atoms with Gasteiger partial charge in [-0.15, -0.1) is 0 Å². The van der Waals surface area contributed by atoms with E-state index in [1.54, 1.807) is 0 Å². The first-order chi connectivity index (χ1) is 9.20. The first-order valence-electron chi connectivity index (χ1n) is 6.66. The Hall–Kier alpha value is -1.80. The van der Waals surface area contributed by atoms with Crippen LogP contribution in [0.15, 0.2) is 48.5 Å². The van der Waals surface area contributed by atoms with Crippen LogP contribution in [0.5, 0.6) is 5.75 Å². The third-order valence-electron chi connectivity index (χ3n) is 3.25. The molecule has 1 unspecified atom stereocenters. The zero-order valence-electron chi connectivity index (χ0n) is 11.5. The molecule has 2 aromatic carbocycles. The maximum atomic E-state index is 10.3. The molecular formula is C17H20O2. The third kappa shape index (κ3) is 3.58. The molecular weight excluding hydrogens is 236 g/mol. The summed E-state index contributed by atoms with van der Waals surface area (Å²) in [5.74, 6) is 0.842. The van der Waals surface area contributed by atoms with Crippen LogP contribution in [0.1, 0.15) is 29.7 Å². The molecule has 0 saturated carbocycles. The lowest BCUT2D eigenvalue weighted by Gasteiger charge is -2.13. The normalized spacial score (nSPS) is 12.2. The molecule has 1 atom stereocenters. The highest BCUT2D eigenvalue weighted by molar-refractivity contribution is 5.31. The molecule has 1 N–H and O–H groups in total. The van der Waals surface area contributed by atoms with Gasteiger partial charge in [0.1, 0.15) is 5.75 Å². The summed E-state index contributed by atoms with van der Waals surface area (Å²) in [5, 5.41) is 10.3. The van der Waals surface area contributed by atoms with Crippen LogP contribution in [0.4, 0.5) is 0 Å². The fourth-order valence-electron chi connectivity index (χ4n) is 2.12. The number of benzene rings is 2. The van der Waals surface area contributed by atoms with Crippen molar-refractivity contribution < 1.29 is 9.84 Å². The molecule has 0 heterocycles. The third-order valence-corrected chi connectivity index (χ3v) is 3.25. The van der Waals surface area contributed by atoms with Gasteiger partial charge in [0.2, 0.25) is 0 Å². The second kappa shape index (κ2) is 6.39. The van der Waals surface area contributed by atoms with Gasteiger partial charge in [-0.3, -0.25) is 0 Å². The molecule has 0 aliphatic heterocycles. The SMILES string of the molecule is CCOc1ccc(C(O)Cc2ccccc2C)cc1. The van der Waals surface area contributed by atoms with Gasteiger partial charge < -0.3 is 9.84 Å². The van der Waals surface area contributed by atoms with E-state index >= 15 is 0 Å². The van der Waals surface area contributed by atoms with Gasteiger partial charge in [0.15, 0.2) is 0 Å². The molecule has 0 spiro atoms. The summed E-state index contributed by atoms with van der Waals surface area (Å²) >= 11 is 0. The molecule has 0 bridgehead atoms. The zero-order chi connectivity index (χ0) is 13.7. The van der Waals surface area contributed by atoms with E-state index in [1.807, 2.05) is 43.3 Å². The maximum absolute atomic E-state index is 10.3. The van der Waals surface area contributed by atoms with Crippen molar-refractivity contribution in [3.63, 3.8) is 0 Å². The number of aliphatic hydroxyl groups excluding tert-OH is 1. The first kappa shape index (κ1) is 13.6. The molecule has 19 heavy (non-hydrogen) atoms. The number of hydrogen-bond acceptors (Lipinski definition) is 2. The number of hydrogen-bond donors (Lipinski definition) is 1. The topological polar surface area (TPSA) is 29.5 Å². The van der Waals surface area contributed by atoms with Gasteiger partial charge >= 0.3 is 0 Å². The minimum Gasteiger partial charge on any atom is -0.494 e. The van der Waals surface area contributed by atoms with E-state index in [4.69, 9.17) is 4.74 Å². The van der Waals surface area contributed by atoms with E-state index in [0.29, 0.717) is 13.0 Å². The summed E-state index contributed by atoms with van der Waals surface area (Å²) in [7, 11) is 0. The lowest BCUT2D eigenvalue weighted by Crippen LogP contribution is -2.03. The summed E-state index contributed by atoms with van der Waals surface area (Å²) in [6.07, 6.45) is 0.164. The van der Waals surface area contributed by atoms with Crippen molar-refractivity contribution in [2.24, 2.45) is 0 Å². The van der Waals surface area contributed by atoms with Crippen LogP contribution in [0.25, 0.3) is 0 Å². The fourth-order valence-corrected chi connectivity index (χ4v) is 2.12. The molecule has 0 fully saturated rings. The number of aryl methyl sites for hydroxylation is 1. The molecule has 0 saturated heterocycles. The minimum atomic E-state index is -0.475. The minimum absolute atomic E-state index is 0.475. The van der Waals surface area contributed by atoms with Crippen LogP contribution in [-0.4, -0.2) is 11.7 Å². The standard InChI is InChI=1S/C17H20O2/c1-3-19-16-10-8-14(9-11-16)17(18)12-15-7-5-4-6-13(15)2/h4-11,17-18H,3,12H2,1-2H3. The molecule has 2 rings (SSSR count). The van der Waals surface area contributed by atoms with Crippen LogP contribution in [-0.2, 0) is 6.42 Å². The first-order valence-corrected chi connectivity index (χ1v) is 6.66. The second-order valence-corrected chi connectivity index (χ2v) is 4.65. The Morgan fingerprint density at radius 2 is 1.74 bits per heavy atom. The lowest BCUT2D eigenvalue weighted by molar-refractivity contribution is 0.178. The van der Waals surface area contributed by atoms with Gasteiger partial charge in [0, 0.05) is 6.42 Å². The molecule has 2 aromatic rings. The number of rotatable bonds is 5. The maximum Gasteiger partial charge on any atom is 0.119 e. The van der Waals surface area contributed by atoms with Crippen LogP contribution in [0.3, 0.4) is 0 Å². The van der Waals surface area contributed by atoms with E-state index in [1.165, 1.54) is 11.1 Å². The fraction of sp³-hybridized carbons (Fsp3) is 0.294. The molecule has 100 valence electrons. The lowest BCUT2D eigenvalue weighted by atomic mass is 9.98. The average Bonchev–Trinajstić information content (AvgIpc) is 2.42. The summed E-state index contributed by atoms with van der Waals surface area (Å²) in [6.45, 7) is 4.69. The highest BCUT2D eigenvalue weighted by atomic mass is 16.5. The molecule has 2 nitrogen and oxygen atoms in total. The van der Waals surface area contributed by atoms with Crippen molar-refractivity contribution in [1.82, 2.24) is 0 Å². The van der Waals surface area contributed by atoms with E-state index in [-0.39, 0.29) is 0 Å². The van der Waals surface area contributed by atoms with Crippen molar-refractivity contribution >= 4 is 0 Å². The van der Waals surface area contributed by atoms with Crippen LogP contribution < -0.4 is 4.74 Å². The quantitative estimate of drug-likeness (QED) is 0.884. The van der Waals surface area contributed by atoms with Crippen molar-refractivity contribution in [3.8, 4) is 5.75 Å². The molecule has 0 aliphatic rings. The number of aliphatic hydroxyl groups is 1. The molecule has 0 amide bonds. The van der Waals surface area contributed by atoms with Gasteiger partial charge in [0.25, 0.3) is 0 Å². The number of ether oxygens (including phenoxy) is 1. The zero-order valence-corrected chi connectivity index (χ0v) is 11.5. The van der Waals surface area contributed by atoms with E-state index in [9.17, 15) is 5.11 Å². The van der Waals surface area contributed by atoms with Crippen molar-refractivity contribution in [1.29, 1.82) is 0 Å². The Balaban J connectivity index is 2.07. The Labute approximate surface area is 114 Å². The summed E-state index contributed by atoms with van der Waals surface area (Å²) in [5.41, 5.74) is 3.32. The van der Waals surface area contributed by atoms with Crippen molar-refractivity contribution in [2.75, 3.05) is 6.61 Å². The van der Waals surface area contributed by atoms with Crippen LogP contribution in [0, 0.1) is 6.92 Å². The predicted molar refractivity (Wildman–Crippen MR) is 77.5 cm³/mol. The summed E-state index contributed by atoms with van der Waals surface area (Å²) in [6, 6.07) is 15.8. The molecule has 0 aliphatic carbocycles. The van der Waals surface area contributed by atoms with Crippen molar-refractivity contribution in [3.05, 3.63) is 65.2 Å². The second-order valence-electron chi connectivity index (χ2n) is 4.65. The molecule has 2 heteroatoms. The Morgan fingerprint density at radius 3 is 2.37 bits per heavy atom. The predicted octanol–water partition coefficient (Wildman–Crippen LogP) is 3.67.